The molecule has 92 valence electrons. The maximum Gasteiger partial charge on any atom is 0.321 e. The molecule has 3 amide bonds. The molecule has 0 aliphatic rings. The topological polar surface area (TPSA) is 95.5 Å². The number of hydrogen-bond donors (Lipinski definition) is 3. The molecule has 0 heterocycles. The number of amides is 3. The Kier molecular flexibility index (Phi) is 5.87. The number of carboxylic acid groups (broad SMARTS) is 1. The van der Waals surface area contributed by atoms with Gasteiger partial charge in [0.2, 0.25) is 5.91 Å². The van der Waals surface area contributed by atoms with Gasteiger partial charge in [-0.05, 0) is 13.8 Å². The van der Waals surface area contributed by atoms with Crippen molar-refractivity contribution in [2.75, 3.05) is 12.8 Å². The summed E-state index contributed by atoms with van der Waals surface area (Å²) in [6.45, 7) is 3.13. The fourth-order valence-electron chi connectivity index (χ4n) is 0.712. The third-order valence-corrected chi connectivity index (χ3v) is 3.09. The third-order valence-electron chi connectivity index (χ3n) is 1.79. The molecule has 0 fully saturated rings. The zero-order valence-corrected chi connectivity index (χ0v) is 10.3. The Morgan fingerprint density at radius 3 is 2.31 bits per heavy atom. The molecule has 0 atom stereocenters. The first-order valence-corrected chi connectivity index (χ1v) is 5.67. The fourth-order valence-corrected chi connectivity index (χ4v) is 1.63. The highest BCUT2D eigenvalue weighted by atomic mass is 32.2. The predicted molar refractivity (Wildman–Crippen MR) is 61.4 cm³/mol. The van der Waals surface area contributed by atoms with E-state index in [0.29, 0.717) is 5.75 Å². The van der Waals surface area contributed by atoms with Crippen LogP contribution >= 0.6 is 11.8 Å². The molecule has 0 radical (unpaired) electrons. The van der Waals surface area contributed by atoms with Crippen LogP contribution in [0, 0.1) is 0 Å². The minimum absolute atomic E-state index is 0.106. The van der Waals surface area contributed by atoms with Crippen LogP contribution in [0.4, 0.5) is 4.79 Å². The van der Waals surface area contributed by atoms with Gasteiger partial charge in [0.05, 0.1) is 0 Å². The van der Waals surface area contributed by atoms with Gasteiger partial charge in [-0.3, -0.25) is 14.9 Å². The van der Waals surface area contributed by atoms with E-state index in [4.69, 9.17) is 5.11 Å². The summed E-state index contributed by atoms with van der Waals surface area (Å²) in [6, 6.07) is -0.563. The van der Waals surface area contributed by atoms with Crippen LogP contribution in [-0.4, -0.2) is 40.6 Å². The molecule has 6 nitrogen and oxygen atoms in total. The maximum atomic E-state index is 11.1. The highest BCUT2D eigenvalue weighted by Crippen LogP contribution is 2.24. The molecule has 0 aromatic carbocycles. The molecule has 0 bridgehead atoms. The number of carbonyl (C=O) groups is 3. The molecule has 0 saturated carbocycles. The first kappa shape index (κ1) is 14.8. The Labute approximate surface area is 98.2 Å². The molecule has 0 aromatic heterocycles. The number of aliphatic carboxylic acids is 1. The molecular formula is C9H16N2O4S. The second kappa shape index (κ2) is 6.37. The standard InChI is InChI=1S/C9H16N2O4S/c1-9(2,7(13)14)16-5-4-6(12)11-8(15)10-3/h4-5H2,1-3H3,(H,13,14)(H2,10,11,12,15). The molecule has 0 spiro atoms. The van der Waals surface area contributed by atoms with Gasteiger partial charge in [0.25, 0.3) is 0 Å². The number of carbonyl (C=O) groups excluding carboxylic acids is 2. The number of urea groups is 1. The number of hydrogen-bond acceptors (Lipinski definition) is 4. The highest BCUT2D eigenvalue weighted by Gasteiger charge is 2.27. The quantitative estimate of drug-likeness (QED) is 0.655. The third kappa shape index (κ3) is 5.59. The Hall–Kier alpha value is -1.24. The SMILES string of the molecule is CNC(=O)NC(=O)CCSC(C)(C)C(=O)O. The summed E-state index contributed by atoms with van der Waals surface area (Å²) in [7, 11) is 1.41. The molecule has 16 heavy (non-hydrogen) atoms. The van der Waals surface area contributed by atoms with Crippen LogP contribution in [0.25, 0.3) is 0 Å². The Bertz CT molecular complexity index is 291. The summed E-state index contributed by atoms with van der Waals surface area (Å²) in [5.41, 5.74) is 0. The smallest absolute Gasteiger partial charge is 0.321 e. The van der Waals surface area contributed by atoms with E-state index in [0.717, 1.165) is 11.8 Å². The summed E-state index contributed by atoms with van der Waals surface area (Å²) in [4.78, 5) is 32.6. The Balaban J connectivity index is 3.87. The van der Waals surface area contributed by atoms with Gasteiger partial charge in [-0.15, -0.1) is 11.8 Å². The van der Waals surface area contributed by atoms with Crippen molar-refractivity contribution in [3.8, 4) is 0 Å². The molecule has 0 aromatic rings. The van der Waals surface area contributed by atoms with E-state index >= 15 is 0 Å². The van der Waals surface area contributed by atoms with Crippen LogP contribution in [0.3, 0.4) is 0 Å². The zero-order chi connectivity index (χ0) is 12.8. The van der Waals surface area contributed by atoms with Gasteiger partial charge >= 0.3 is 12.0 Å². The van der Waals surface area contributed by atoms with Crippen LogP contribution in [-0.2, 0) is 9.59 Å². The lowest BCUT2D eigenvalue weighted by Crippen LogP contribution is -2.37. The molecule has 0 rings (SSSR count). The Morgan fingerprint density at radius 2 is 1.88 bits per heavy atom. The van der Waals surface area contributed by atoms with Crippen LogP contribution in [0.15, 0.2) is 0 Å². The van der Waals surface area contributed by atoms with E-state index in [1.807, 2.05) is 0 Å². The predicted octanol–water partition coefficient (Wildman–Crippen LogP) is 0.428. The van der Waals surface area contributed by atoms with Gasteiger partial charge in [0, 0.05) is 19.2 Å². The van der Waals surface area contributed by atoms with Crippen LogP contribution in [0.1, 0.15) is 20.3 Å². The molecule has 0 aliphatic carbocycles. The lowest BCUT2D eigenvalue weighted by molar-refractivity contribution is -0.138. The summed E-state index contributed by atoms with van der Waals surface area (Å²) in [6.07, 6.45) is 0.106. The van der Waals surface area contributed by atoms with E-state index in [1.54, 1.807) is 13.8 Å². The van der Waals surface area contributed by atoms with Crippen molar-refractivity contribution >= 4 is 29.7 Å². The van der Waals surface area contributed by atoms with E-state index in [-0.39, 0.29) is 6.42 Å². The number of carboxylic acids is 1. The average molecular weight is 248 g/mol. The molecular weight excluding hydrogens is 232 g/mol. The molecule has 0 saturated heterocycles. The van der Waals surface area contributed by atoms with Gasteiger partial charge in [-0.2, -0.15) is 0 Å². The first-order chi connectivity index (χ1) is 7.29. The van der Waals surface area contributed by atoms with Crippen molar-refractivity contribution in [3.63, 3.8) is 0 Å². The molecule has 7 heteroatoms. The second-order valence-corrected chi connectivity index (χ2v) is 5.26. The Morgan fingerprint density at radius 1 is 1.31 bits per heavy atom. The summed E-state index contributed by atoms with van der Waals surface area (Å²) >= 11 is 1.16. The van der Waals surface area contributed by atoms with Crippen molar-refractivity contribution < 1.29 is 19.5 Å². The molecule has 3 N–H and O–H groups in total. The van der Waals surface area contributed by atoms with Gasteiger partial charge < -0.3 is 10.4 Å². The second-order valence-electron chi connectivity index (χ2n) is 3.54. The monoisotopic (exact) mass is 248 g/mol. The van der Waals surface area contributed by atoms with Gasteiger partial charge in [0.15, 0.2) is 0 Å². The largest absolute Gasteiger partial charge is 0.480 e. The van der Waals surface area contributed by atoms with Gasteiger partial charge in [-0.1, -0.05) is 0 Å². The normalized spacial score (nSPS) is 10.7. The minimum atomic E-state index is -0.927. The zero-order valence-electron chi connectivity index (χ0n) is 9.49. The highest BCUT2D eigenvalue weighted by molar-refractivity contribution is 8.01. The number of imide groups is 1. The van der Waals surface area contributed by atoms with Crippen molar-refractivity contribution in [1.29, 1.82) is 0 Å². The van der Waals surface area contributed by atoms with Crippen LogP contribution in [0.5, 0.6) is 0 Å². The van der Waals surface area contributed by atoms with Crippen molar-refractivity contribution in [2.24, 2.45) is 0 Å². The summed E-state index contributed by atoms with van der Waals surface area (Å²) < 4.78 is -0.923. The average Bonchev–Trinajstić information content (AvgIpc) is 2.16. The molecule has 0 unspecified atom stereocenters. The summed E-state index contributed by atoms with van der Waals surface area (Å²) in [5.74, 6) is -1.00. The fraction of sp³-hybridized carbons (Fsp3) is 0.667. The van der Waals surface area contributed by atoms with Crippen molar-refractivity contribution in [3.05, 3.63) is 0 Å². The van der Waals surface area contributed by atoms with E-state index in [9.17, 15) is 14.4 Å². The van der Waals surface area contributed by atoms with E-state index in [2.05, 4.69) is 10.6 Å². The van der Waals surface area contributed by atoms with Gasteiger partial charge in [0.1, 0.15) is 4.75 Å². The van der Waals surface area contributed by atoms with Crippen molar-refractivity contribution in [2.45, 2.75) is 25.0 Å². The lowest BCUT2D eigenvalue weighted by Gasteiger charge is -2.17. The number of thioether (sulfide) groups is 1. The minimum Gasteiger partial charge on any atom is -0.480 e. The van der Waals surface area contributed by atoms with Crippen LogP contribution in [0.2, 0.25) is 0 Å². The maximum absolute atomic E-state index is 11.1. The van der Waals surface area contributed by atoms with E-state index < -0.39 is 22.7 Å². The van der Waals surface area contributed by atoms with Crippen molar-refractivity contribution in [1.82, 2.24) is 10.6 Å². The number of nitrogens with one attached hydrogen (secondary N) is 2. The van der Waals surface area contributed by atoms with Crippen LogP contribution < -0.4 is 10.6 Å². The lowest BCUT2D eigenvalue weighted by atomic mass is 10.2. The number of rotatable bonds is 5. The molecule has 0 aliphatic heterocycles. The first-order valence-electron chi connectivity index (χ1n) is 4.68. The van der Waals surface area contributed by atoms with E-state index in [1.165, 1.54) is 7.05 Å². The summed E-state index contributed by atoms with van der Waals surface area (Å²) in [5, 5.41) is 13.1. The van der Waals surface area contributed by atoms with Gasteiger partial charge in [-0.25, -0.2) is 4.79 Å².